The van der Waals surface area contributed by atoms with E-state index in [1.165, 1.54) is 12.2 Å². The fraction of sp³-hybridized carbons (Fsp3) is 0.105. The Morgan fingerprint density at radius 1 is 1.09 bits per heavy atom. The average molecular weight is 329 g/mol. The average Bonchev–Trinajstić information content (AvgIpc) is 2.58. The molecule has 0 aliphatic rings. The van der Waals surface area contributed by atoms with E-state index in [2.05, 4.69) is 6.58 Å². The molecule has 0 aliphatic carbocycles. The van der Waals surface area contributed by atoms with E-state index in [9.17, 15) is 4.79 Å². The zero-order valence-electron chi connectivity index (χ0n) is 12.6. The first-order valence-corrected chi connectivity index (χ1v) is 7.48. The molecule has 0 saturated carbocycles. The standard InChI is InChI=1S/C19H17ClO3/c1-2-13-22-19(21)12-7-15-5-10-18(11-6-15)23-14-16-3-8-17(20)9-4-16/h2-12H,1,13-14H2/b12-7+. The molecule has 2 aromatic carbocycles. The van der Waals surface area contributed by atoms with Gasteiger partial charge in [-0.15, -0.1) is 0 Å². The number of benzene rings is 2. The molecule has 118 valence electrons. The Labute approximate surface area is 140 Å². The molecule has 0 aliphatic heterocycles. The van der Waals surface area contributed by atoms with Gasteiger partial charge in [-0.2, -0.15) is 0 Å². The highest BCUT2D eigenvalue weighted by atomic mass is 35.5. The van der Waals surface area contributed by atoms with Crippen LogP contribution < -0.4 is 4.74 Å². The summed E-state index contributed by atoms with van der Waals surface area (Å²) in [5.41, 5.74) is 1.93. The Hall–Kier alpha value is -2.52. The van der Waals surface area contributed by atoms with Gasteiger partial charge in [-0.25, -0.2) is 4.79 Å². The Kier molecular flexibility index (Phi) is 6.45. The Morgan fingerprint density at radius 2 is 1.78 bits per heavy atom. The van der Waals surface area contributed by atoms with Gasteiger partial charge in [0.25, 0.3) is 0 Å². The molecule has 0 saturated heterocycles. The Bertz CT molecular complexity index is 673. The number of halogens is 1. The summed E-state index contributed by atoms with van der Waals surface area (Å²) in [6, 6.07) is 15.0. The van der Waals surface area contributed by atoms with Crippen LogP contribution in [0.2, 0.25) is 5.02 Å². The first-order chi connectivity index (χ1) is 11.2. The maximum Gasteiger partial charge on any atom is 0.331 e. The molecule has 0 radical (unpaired) electrons. The highest BCUT2D eigenvalue weighted by Gasteiger charge is 1.98. The van der Waals surface area contributed by atoms with Crippen LogP contribution in [0, 0.1) is 0 Å². The number of rotatable bonds is 7. The zero-order valence-corrected chi connectivity index (χ0v) is 13.3. The van der Waals surface area contributed by atoms with E-state index in [0.717, 1.165) is 16.9 Å². The monoisotopic (exact) mass is 328 g/mol. The maximum atomic E-state index is 11.3. The van der Waals surface area contributed by atoms with Gasteiger partial charge in [-0.1, -0.05) is 48.5 Å². The van der Waals surface area contributed by atoms with Crippen LogP contribution in [0.1, 0.15) is 11.1 Å². The van der Waals surface area contributed by atoms with Crippen molar-refractivity contribution in [1.82, 2.24) is 0 Å². The molecule has 2 aromatic rings. The van der Waals surface area contributed by atoms with E-state index in [1.54, 1.807) is 6.08 Å². The van der Waals surface area contributed by atoms with Crippen molar-refractivity contribution in [3.63, 3.8) is 0 Å². The van der Waals surface area contributed by atoms with E-state index in [-0.39, 0.29) is 6.61 Å². The van der Waals surface area contributed by atoms with Crippen molar-refractivity contribution in [2.75, 3.05) is 6.61 Å². The molecule has 0 atom stereocenters. The van der Waals surface area contributed by atoms with Crippen molar-refractivity contribution in [2.45, 2.75) is 6.61 Å². The molecule has 0 bridgehead atoms. The Balaban J connectivity index is 1.86. The van der Waals surface area contributed by atoms with Gasteiger partial charge < -0.3 is 9.47 Å². The van der Waals surface area contributed by atoms with Crippen molar-refractivity contribution in [2.24, 2.45) is 0 Å². The van der Waals surface area contributed by atoms with Gasteiger partial charge in [0.05, 0.1) is 0 Å². The number of esters is 1. The largest absolute Gasteiger partial charge is 0.489 e. The fourth-order valence-electron chi connectivity index (χ4n) is 1.78. The zero-order chi connectivity index (χ0) is 16.5. The number of carbonyl (C=O) groups excluding carboxylic acids is 1. The third-order valence-electron chi connectivity index (χ3n) is 2.95. The molecule has 0 amide bonds. The second-order valence-corrected chi connectivity index (χ2v) is 5.17. The highest BCUT2D eigenvalue weighted by Crippen LogP contribution is 2.16. The molecule has 23 heavy (non-hydrogen) atoms. The summed E-state index contributed by atoms with van der Waals surface area (Å²) in [6.45, 7) is 4.16. The van der Waals surface area contributed by atoms with Crippen molar-refractivity contribution in [3.8, 4) is 5.75 Å². The first kappa shape index (κ1) is 16.8. The maximum absolute atomic E-state index is 11.3. The van der Waals surface area contributed by atoms with E-state index < -0.39 is 5.97 Å². The lowest BCUT2D eigenvalue weighted by Gasteiger charge is -2.06. The topological polar surface area (TPSA) is 35.5 Å². The van der Waals surface area contributed by atoms with E-state index >= 15 is 0 Å². The molecule has 0 fully saturated rings. The molecule has 0 heterocycles. The highest BCUT2D eigenvalue weighted by molar-refractivity contribution is 6.30. The summed E-state index contributed by atoms with van der Waals surface area (Å²) in [4.78, 5) is 11.3. The summed E-state index contributed by atoms with van der Waals surface area (Å²) >= 11 is 5.84. The van der Waals surface area contributed by atoms with Crippen LogP contribution in [0.5, 0.6) is 5.75 Å². The van der Waals surface area contributed by atoms with Gasteiger partial charge in [0.2, 0.25) is 0 Å². The molecule has 2 rings (SSSR count). The summed E-state index contributed by atoms with van der Waals surface area (Å²) < 4.78 is 10.6. The molecular weight excluding hydrogens is 312 g/mol. The number of carbonyl (C=O) groups is 1. The van der Waals surface area contributed by atoms with Crippen LogP contribution in [0.3, 0.4) is 0 Å². The van der Waals surface area contributed by atoms with Crippen LogP contribution in [0.25, 0.3) is 6.08 Å². The van der Waals surface area contributed by atoms with Crippen LogP contribution in [0.15, 0.2) is 67.3 Å². The van der Waals surface area contributed by atoms with Gasteiger partial charge in [0.1, 0.15) is 19.0 Å². The number of hydrogen-bond donors (Lipinski definition) is 0. The third kappa shape index (κ3) is 6.01. The summed E-state index contributed by atoms with van der Waals surface area (Å²) in [6.07, 6.45) is 4.60. The van der Waals surface area contributed by atoms with E-state index in [1.807, 2.05) is 48.5 Å². The lowest BCUT2D eigenvalue weighted by molar-refractivity contribution is -0.136. The van der Waals surface area contributed by atoms with Crippen LogP contribution in [-0.2, 0) is 16.1 Å². The molecule has 3 nitrogen and oxygen atoms in total. The van der Waals surface area contributed by atoms with Gasteiger partial charge in [-0.05, 0) is 41.5 Å². The SMILES string of the molecule is C=CCOC(=O)/C=C/c1ccc(OCc2ccc(Cl)cc2)cc1. The van der Waals surface area contributed by atoms with Crippen molar-refractivity contribution in [3.05, 3.63) is 83.4 Å². The van der Waals surface area contributed by atoms with Crippen LogP contribution in [0.4, 0.5) is 0 Å². The Morgan fingerprint density at radius 3 is 2.43 bits per heavy atom. The lowest BCUT2D eigenvalue weighted by atomic mass is 10.2. The number of hydrogen-bond acceptors (Lipinski definition) is 3. The third-order valence-corrected chi connectivity index (χ3v) is 3.21. The molecule has 0 N–H and O–H groups in total. The van der Waals surface area contributed by atoms with E-state index in [0.29, 0.717) is 11.6 Å². The van der Waals surface area contributed by atoms with Gasteiger partial charge >= 0.3 is 5.97 Å². The van der Waals surface area contributed by atoms with Crippen molar-refractivity contribution < 1.29 is 14.3 Å². The minimum Gasteiger partial charge on any atom is -0.489 e. The van der Waals surface area contributed by atoms with Crippen molar-refractivity contribution >= 4 is 23.6 Å². The smallest absolute Gasteiger partial charge is 0.331 e. The van der Waals surface area contributed by atoms with Gasteiger partial charge in [-0.3, -0.25) is 0 Å². The minimum atomic E-state index is -0.395. The predicted octanol–water partition coefficient (Wildman–Crippen LogP) is 4.66. The van der Waals surface area contributed by atoms with Crippen LogP contribution >= 0.6 is 11.6 Å². The predicted molar refractivity (Wildman–Crippen MR) is 92.4 cm³/mol. The van der Waals surface area contributed by atoms with Gasteiger partial charge in [0.15, 0.2) is 0 Å². The van der Waals surface area contributed by atoms with Gasteiger partial charge in [0, 0.05) is 11.1 Å². The van der Waals surface area contributed by atoms with Crippen LogP contribution in [-0.4, -0.2) is 12.6 Å². The number of ether oxygens (including phenoxy) is 2. The quantitative estimate of drug-likeness (QED) is 0.421. The summed E-state index contributed by atoms with van der Waals surface area (Å²) in [7, 11) is 0. The lowest BCUT2D eigenvalue weighted by Crippen LogP contribution is -1.99. The normalized spacial score (nSPS) is 10.5. The molecule has 4 heteroatoms. The molecule has 0 spiro atoms. The molecular formula is C19H17ClO3. The fourth-order valence-corrected chi connectivity index (χ4v) is 1.90. The molecule has 0 unspecified atom stereocenters. The molecule has 0 aromatic heterocycles. The summed E-state index contributed by atoms with van der Waals surface area (Å²) in [5, 5.41) is 0.705. The van der Waals surface area contributed by atoms with E-state index in [4.69, 9.17) is 21.1 Å². The minimum absolute atomic E-state index is 0.209. The van der Waals surface area contributed by atoms with Crippen molar-refractivity contribution in [1.29, 1.82) is 0 Å². The second-order valence-electron chi connectivity index (χ2n) is 4.74. The first-order valence-electron chi connectivity index (χ1n) is 7.10. The second kappa shape index (κ2) is 8.81. The summed E-state index contributed by atoms with van der Waals surface area (Å²) in [5.74, 6) is 0.360.